The second kappa shape index (κ2) is 5.80. The first-order chi connectivity index (χ1) is 8.20. The van der Waals surface area contributed by atoms with Crippen molar-refractivity contribution in [2.24, 2.45) is 0 Å². The molecule has 0 bridgehead atoms. The number of esters is 1. The molecule has 0 amide bonds. The van der Waals surface area contributed by atoms with Crippen LogP contribution < -0.4 is 0 Å². The lowest BCUT2D eigenvalue weighted by molar-refractivity contribution is -0.148. The SMILES string of the molecule is CCOC(=O)C1CCCN1Cc1cnc(Cl)s1. The third-order valence-electron chi connectivity index (χ3n) is 2.81. The summed E-state index contributed by atoms with van der Waals surface area (Å²) in [5, 5.41) is 0. The van der Waals surface area contributed by atoms with Crippen molar-refractivity contribution in [2.75, 3.05) is 13.2 Å². The Bertz CT molecular complexity index is 397. The van der Waals surface area contributed by atoms with E-state index in [9.17, 15) is 4.79 Å². The van der Waals surface area contributed by atoms with Crippen molar-refractivity contribution in [2.45, 2.75) is 32.4 Å². The van der Waals surface area contributed by atoms with Crippen LogP contribution in [0.25, 0.3) is 0 Å². The topological polar surface area (TPSA) is 42.4 Å². The number of thiazole rings is 1. The van der Waals surface area contributed by atoms with E-state index in [1.165, 1.54) is 11.3 Å². The minimum absolute atomic E-state index is 0.101. The van der Waals surface area contributed by atoms with Gasteiger partial charge in [0.1, 0.15) is 6.04 Å². The van der Waals surface area contributed by atoms with E-state index in [1.807, 2.05) is 6.92 Å². The molecule has 17 heavy (non-hydrogen) atoms. The Morgan fingerprint density at radius 2 is 2.59 bits per heavy atom. The molecule has 0 aromatic carbocycles. The van der Waals surface area contributed by atoms with Crippen LogP contribution in [-0.2, 0) is 16.1 Å². The number of rotatable bonds is 4. The molecule has 0 N–H and O–H groups in total. The van der Waals surface area contributed by atoms with Crippen molar-refractivity contribution in [3.8, 4) is 0 Å². The molecule has 1 saturated heterocycles. The van der Waals surface area contributed by atoms with E-state index in [2.05, 4.69) is 9.88 Å². The highest BCUT2D eigenvalue weighted by Gasteiger charge is 2.31. The number of halogens is 1. The van der Waals surface area contributed by atoms with Gasteiger partial charge in [-0.1, -0.05) is 11.6 Å². The van der Waals surface area contributed by atoms with Crippen LogP contribution >= 0.6 is 22.9 Å². The largest absolute Gasteiger partial charge is 0.465 e. The maximum Gasteiger partial charge on any atom is 0.323 e. The molecule has 2 rings (SSSR count). The Labute approximate surface area is 110 Å². The van der Waals surface area contributed by atoms with E-state index in [1.54, 1.807) is 6.20 Å². The zero-order valence-electron chi connectivity index (χ0n) is 9.69. The Balaban J connectivity index is 1.97. The summed E-state index contributed by atoms with van der Waals surface area (Å²) in [7, 11) is 0. The number of aromatic nitrogens is 1. The van der Waals surface area contributed by atoms with E-state index in [-0.39, 0.29) is 12.0 Å². The van der Waals surface area contributed by atoms with Crippen molar-refractivity contribution in [3.05, 3.63) is 15.5 Å². The molecule has 0 radical (unpaired) electrons. The Kier molecular flexibility index (Phi) is 4.36. The highest BCUT2D eigenvalue weighted by atomic mass is 35.5. The third-order valence-corrected chi connectivity index (χ3v) is 3.91. The average molecular weight is 275 g/mol. The minimum atomic E-state index is -0.111. The summed E-state index contributed by atoms with van der Waals surface area (Å²) in [6.45, 7) is 3.93. The predicted octanol–water partition coefficient (Wildman–Crippen LogP) is 2.32. The molecule has 0 saturated carbocycles. The second-order valence-electron chi connectivity index (χ2n) is 3.96. The molecule has 1 atom stereocenters. The summed E-state index contributed by atoms with van der Waals surface area (Å²) in [4.78, 5) is 19.0. The normalized spacial score (nSPS) is 20.7. The van der Waals surface area contributed by atoms with Gasteiger partial charge in [0.05, 0.1) is 6.61 Å². The van der Waals surface area contributed by atoms with Gasteiger partial charge in [-0.25, -0.2) is 4.98 Å². The molecule has 1 fully saturated rings. The summed E-state index contributed by atoms with van der Waals surface area (Å²) in [5.41, 5.74) is 0. The van der Waals surface area contributed by atoms with Crippen LogP contribution in [0, 0.1) is 0 Å². The zero-order valence-corrected chi connectivity index (χ0v) is 11.3. The van der Waals surface area contributed by atoms with Crippen LogP contribution in [0.1, 0.15) is 24.6 Å². The van der Waals surface area contributed by atoms with E-state index in [4.69, 9.17) is 16.3 Å². The molecule has 1 aromatic rings. The number of hydrogen-bond acceptors (Lipinski definition) is 5. The third kappa shape index (κ3) is 3.18. The molecular weight excluding hydrogens is 260 g/mol. The van der Waals surface area contributed by atoms with Gasteiger partial charge in [-0.3, -0.25) is 9.69 Å². The van der Waals surface area contributed by atoms with E-state index in [0.29, 0.717) is 11.1 Å². The van der Waals surface area contributed by atoms with Crippen LogP contribution in [-0.4, -0.2) is 35.0 Å². The minimum Gasteiger partial charge on any atom is -0.465 e. The number of nitrogens with zero attached hydrogens (tertiary/aromatic N) is 2. The fourth-order valence-corrected chi connectivity index (χ4v) is 3.08. The second-order valence-corrected chi connectivity index (χ2v) is 5.66. The van der Waals surface area contributed by atoms with E-state index >= 15 is 0 Å². The molecule has 2 heterocycles. The zero-order chi connectivity index (χ0) is 12.3. The van der Waals surface area contributed by atoms with Crippen molar-refractivity contribution in [1.29, 1.82) is 0 Å². The smallest absolute Gasteiger partial charge is 0.323 e. The highest BCUT2D eigenvalue weighted by molar-refractivity contribution is 7.15. The van der Waals surface area contributed by atoms with Crippen molar-refractivity contribution in [3.63, 3.8) is 0 Å². The first-order valence-corrected chi connectivity index (χ1v) is 6.91. The molecule has 1 unspecified atom stereocenters. The van der Waals surface area contributed by atoms with Gasteiger partial charge in [-0.05, 0) is 26.3 Å². The molecule has 4 nitrogen and oxygen atoms in total. The predicted molar refractivity (Wildman–Crippen MR) is 67.2 cm³/mol. The Morgan fingerprint density at radius 3 is 3.24 bits per heavy atom. The van der Waals surface area contributed by atoms with Gasteiger partial charge in [0.2, 0.25) is 0 Å². The van der Waals surface area contributed by atoms with Gasteiger partial charge in [0, 0.05) is 17.6 Å². The van der Waals surface area contributed by atoms with Gasteiger partial charge in [0.25, 0.3) is 0 Å². The van der Waals surface area contributed by atoms with Crippen molar-refractivity contribution < 1.29 is 9.53 Å². The van der Waals surface area contributed by atoms with Crippen LogP contribution in [0.4, 0.5) is 0 Å². The molecule has 0 spiro atoms. The molecule has 0 aliphatic carbocycles. The summed E-state index contributed by atoms with van der Waals surface area (Å²) < 4.78 is 5.63. The summed E-state index contributed by atoms with van der Waals surface area (Å²) in [5.74, 6) is -0.111. The number of ether oxygens (including phenoxy) is 1. The quantitative estimate of drug-likeness (QED) is 0.791. The van der Waals surface area contributed by atoms with Crippen LogP contribution in [0.15, 0.2) is 6.20 Å². The molecule has 6 heteroatoms. The molecule has 1 aromatic heterocycles. The first-order valence-electron chi connectivity index (χ1n) is 5.71. The van der Waals surface area contributed by atoms with Crippen LogP contribution in [0.3, 0.4) is 0 Å². The Morgan fingerprint density at radius 1 is 1.76 bits per heavy atom. The number of carbonyl (C=O) groups is 1. The monoisotopic (exact) mass is 274 g/mol. The highest BCUT2D eigenvalue weighted by Crippen LogP contribution is 2.25. The van der Waals surface area contributed by atoms with Gasteiger partial charge in [-0.15, -0.1) is 11.3 Å². The molecule has 1 aliphatic rings. The van der Waals surface area contributed by atoms with Gasteiger partial charge < -0.3 is 4.74 Å². The maximum atomic E-state index is 11.7. The lowest BCUT2D eigenvalue weighted by atomic mass is 10.2. The van der Waals surface area contributed by atoms with Crippen LogP contribution in [0.2, 0.25) is 4.47 Å². The summed E-state index contributed by atoms with van der Waals surface area (Å²) in [6.07, 6.45) is 3.69. The number of hydrogen-bond donors (Lipinski definition) is 0. The fraction of sp³-hybridized carbons (Fsp3) is 0.636. The fourth-order valence-electron chi connectivity index (χ4n) is 2.08. The lowest BCUT2D eigenvalue weighted by Crippen LogP contribution is -2.36. The van der Waals surface area contributed by atoms with Crippen molar-refractivity contribution in [1.82, 2.24) is 9.88 Å². The van der Waals surface area contributed by atoms with Crippen LogP contribution in [0.5, 0.6) is 0 Å². The number of carbonyl (C=O) groups excluding carboxylic acids is 1. The van der Waals surface area contributed by atoms with Gasteiger partial charge in [0.15, 0.2) is 4.47 Å². The number of likely N-dealkylation sites (tertiary alicyclic amines) is 1. The Hall–Kier alpha value is -0.650. The van der Waals surface area contributed by atoms with E-state index in [0.717, 1.165) is 30.8 Å². The van der Waals surface area contributed by atoms with Crippen molar-refractivity contribution >= 4 is 28.9 Å². The standard InChI is InChI=1S/C11H15ClN2O2S/c1-2-16-10(15)9-4-3-5-14(9)7-8-6-13-11(12)17-8/h6,9H,2-5,7H2,1H3. The summed E-state index contributed by atoms with van der Waals surface area (Å²) in [6, 6.07) is -0.101. The molecular formula is C11H15ClN2O2S. The maximum absolute atomic E-state index is 11.7. The van der Waals surface area contributed by atoms with Gasteiger partial charge >= 0.3 is 5.97 Å². The average Bonchev–Trinajstić information content (AvgIpc) is 2.89. The van der Waals surface area contributed by atoms with Gasteiger partial charge in [-0.2, -0.15) is 0 Å². The summed E-state index contributed by atoms with van der Waals surface area (Å²) >= 11 is 7.25. The molecule has 1 aliphatic heterocycles. The molecule has 94 valence electrons. The lowest BCUT2D eigenvalue weighted by Gasteiger charge is -2.21. The first kappa shape index (κ1) is 12.8. The van der Waals surface area contributed by atoms with E-state index < -0.39 is 0 Å².